The maximum Gasteiger partial charge on any atom is 0.0402 e. The molecule has 0 amide bonds. The van der Waals surface area contributed by atoms with Gasteiger partial charge in [-0.25, -0.2) is 0 Å². The standard InChI is InChI=1S/C3H9N.C3H6.C2H6O.Y/c1-4(2)3;1-2-3-1;1-2-3;/h1-3H3;1-3H2;3H,2H2,1H3;. The van der Waals surface area contributed by atoms with Crippen molar-refractivity contribution in [1.82, 2.24) is 4.90 Å². The van der Waals surface area contributed by atoms with E-state index in [0.29, 0.717) is 0 Å². The molecule has 0 atom stereocenters. The number of nitrogens with zero attached hydrogens (tertiary/aromatic N) is 1. The quantitative estimate of drug-likeness (QED) is 0.686. The van der Waals surface area contributed by atoms with Gasteiger partial charge in [0.2, 0.25) is 0 Å². The molecule has 1 radical (unpaired) electrons. The van der Waals surface area contributed by atoms with Gasteiger partial charge >= 0.3 is 0 Å². The largest absolute Gasteiger partial charge is 0.397 e. The van der Waals surface area contributed by atoms with E-state index < -0.39 is 0 Å². The molecule has 67 valence electrons. The summed E-state index contributed by atoms with van der Waals surface area (Å²) < 4.78 is 0. The molecule has 3 heteroatoms. The first-order valence-electron chi connectivity index (χ1n) is 3.86. The Hall–Kier alpha value is 1.02. The predicted molar refractivity (Wildman–Crippen MR) is 46.2 cm³/mol. The first-order valence-corrected chi connectivity index (χ1v) is 3.86. The van der Waals surface area contributed by atoms with E-state index >= 15 is 0 Å². The van der Waals surface area contributed by atoms with Crippen molar-refractivity contribution in [3.63, 3.8) is 0 Å². The van der Waals surface area contributed by atoms with E-state index in [1.807, 2.05) is 26.0 Å². The van der Waals surface area contributed by atoms with Gasteiger partial charge in [-0.2, -0.15) is 0 Å². The van der Waals surface area contributed by atoms with Gasteiger partial charge in [0.15, 0.2) is 0 Å². The molecule has 1 N–H and O–H groups in total. The second-order valence-electron chi connectivity index (χ2n) is 2.72. The van der Waals surface area contributed by atoms with Crippen LogP contribution in [0.3, 0.4) is 0 Å². The fraction of sp³-hybridized carbons (Fsp3) is 1.00. The summed E-state index contributed by atoms with van der Waals surface area (Å²) in [5, 5.41) is 7.57. The molecule has 1 saturated carbocycles. The Bertz CT molecular complexity index is 43.8. The van der Waals surface area contributed by atoms with Gasteiger partial charge in [0, 0.05) is 39.3 Å². The zero-order chi connectivity index (χ0) is 8.41. The molecule has 0 aliphatic heterocycles. The van der Waals surface area contributed by atoms with Crippen LogP contribution in [0.1, 0.15) is 26.2 Å². The van der Waals surface area contributed by atoms with Crippen LogP contribution in [0.2, 0.25) is 0 Å². The number of hydrogen-bond acceptors (Lipinski definition) is 2. The Balaban J connectivity index is -0.0000000843. The van der Waals surface area contributed by atoms with Gasteiger partial charge in [-0.3, -0.25) is 0 Å². The summed E-state index contributed by atoms with van der Waals surface area (Å²) in [4.78, 5) is 2.00. The summed E-state index contributed by atoms with van der Waals surface area (Å²) in [6, 6.07) is 0. The first-order chi connectivity index (χ1) is 4.65. The summed E-state index contributed by atoms with van der Waals surface area (Å²) in [7, 11) is 6.00. The smallest absolute Gasteiger partial charge is 0.0402 e. The number of rotatable bonds is 0. The van der Waals surface area contributed by atoms with E-state index in [1.54, 1.807) is 6.92 Å². The van der Waals surface area contributed by atoms with Crippen LogP contribution in [0.4, 0.5) is 0 Å². The van der Waals surface area contributed by atoms with E-state index in [0.717, 1.165) is 0 Å². The maximum atomic E-state index is 7.57. The summed E-state index contributed by atoms with van der Waals surface area (Å²) >= 11 is 0. The summed E-state index contributed by atoms with van der Waals surface area (Å²) in [6.45, 7) is 1.93. The van der Waals surface area contributed by atoms with Crippen molar-refractivity contribution in [2.75, 3.05) is 27.7 Å². The van der Waals surface area contributed by atoms with Crippen LogP contribution in [0.5, 0.6) is 0 Å². The molecule has 1 rings (SSSR count). The molecule has 0 aromatic rings. The molecule has 2 nitrogen and oxygen atoms in total. The Morgan fingerprint density at radius 1 is 1.09 bits per heavy atom. The first kappa shape index (κ1) is 17.9. The van der Waals surface area contributed by atoms with Crippen molar-refractivity contribution in [3.05, 3.63) is 0 Å². The van der Waals surface area contributed by atoms with Crippen LogP contribution in [-0.4, -0.2) is 37.8 Å². The summed E-state index contributed by atoms with van der Waals surface area (Å²) in [6.07, 6.45) is 4.50. The topological polar surface area (TPSA) is 23.5 Å². The van der Waals surface area contributed by atoms with Gasteiger partial charge in [0.05, 0.1) is 0 Å². The van der Waals surface area contributed by atoms with Crippen molar-refractivity contribution < 1.29 is 37.8 Å². The second kappa shape index (κ2) is 17.2. The van der Waals surface area contributed by atoms with E-state index in [2.05, 4.69) is 0 Å². The summed E-state index contributed by atoms with van der Waals surface area (Å²) in [5.41, 5.74) is 0. The molecule has 0 heterocycles. The van der Waals surface area contributed by atoms with Gasteiger partial charge in [-0.15, -0.1) is 0 Å². The molecule has 1 aliphatic carbocycles. The minimum absolute atomic E-state index is 0. The van der Waals surface area contributed by atoms with Crippen molar-refractivity contribution >= 4 is 0 Å². The SMILES string of the molecule is C1CC1.CCO.CN(C)C.[Y]. The minimum Gasteiger partial charge on any atom is -0.397 e. The molecule has 0 bridgehead atoms. The van der Waals surface area contributed by atoms with E-state index in [-0.39, 0.29) is 39.3 Å². The van der Waals surface area contributed by atoms with E-state index in [9.17, 15) is 0 Å². The van der Waals surface area contributed by atoms with Crippen LogP contribution < -0.4 is 0 Å². The molecule has 0 spiro atoms. The van der Waals surface area contributed by atoms with Gasteiger partial charge in [-0.1, -0.05) is 19.3 Å². The van der Waals surface area contributed by atoms with E-state index in [1.165, 1.54) is 19.3 Å². The van der Waals surface area contributed by atoms with Crippen molar-refractivity contribution in [2.24, 2.45) is 0 Å². The van der Waals surface area contributed by atoms with Crippen LogP contribution >= 0.6 is 0 Å². The average Bonchev–Trinajstić information content (AvgIpc) is 2.43. The minimum atomic E-state index is 0. The Kier molecular flexibility index (Phi) is 28.1. The van der Waals surface area contributed by atoms with Gasteiger partial charge in [0.1, 0.15) is 0 Å². The molecule has 0 aromatic heterocycles. The summed E-state index contributed by atoms with van der Waals surface area (Å²) in [5.74, 6) is 0. The van der Waals surface area contributed by atoms with Crippen molar-refractivity contribution in [3.8, 4) is 0 Å². The third-order valence-corrected chi connectivity index (χ3v) is 0.354. The van der Waals surface area contributed by atoms with Gasteiger partial charge < -0.3 is 10.0 Å². The molecular formula is C8H21NOY. The van der Waals surface area contributed by atoms with Gasteiger partial charge in [-0.05, 0) is 28.1 Å². The van der Waals surface area contributed by atoms with Crippen LogP contribution in [-0.2, 0) is 32.7 Å². The monoisotopic (exact) mass is 236 g/mol. The molecule has 1 fully saturated rings. The van der Waals surface area contributed by atoms with Crippen molar-refractivity contribution in [1.29, 1.82) is 0 Å². The molecule has 0 saturated heterocycles. The predicted octanol–water partition coefficient (Wildman–Crippen LogP) is 1.34. The second-order valence-corrected chi connectivity index (χ2v) is 2.72. The Morgan fingerprint density at radius 2 is 1.18 bits per heavy atom. The molecule has 0 unspecified atom stereocenters. The number of aliphatic hydroxyl groups excluding tert-OH is 1. The molecular weight excluding hydrogens is 215 g/mol. The Morgan fingerprint density at radius 3 is 1.18 bits per heavy atom. The number of aliphatic hydroxyl groups is 1. The Labute approximate surface area is 96.2 Å². The van der Waals surface area contributed by atoms with Crippen molar-refractivity contribution in [2.45, 2.75) is 26.2 Å². The normalized spacial score (nSPS) is 11.5. The third-order valence-electron chi connectivity index (χ3n) is 0.354. The maximum absolute atomic E-state index is 7.57. The fourth-order valence-electron chi connectivity index (χ4n) is 0. The number of hydrogen-bond donors (Lipinski definition) is 1. The van der Waals surface area contributed by atoms with E-state index in [4.69, 9.17) is 5.11 Å². The zero-order valence-corrected chi connectivity index (χ0v) is 11.1. The zero-order valence-electron chi connectivity index (χ0n) is 8.30. The van der Waals surface area contributed by atoms with Crippen LogP contribution in [0.15, 0.2) is 0 Å². The average molecular weight is 236 g/mol. The third kappa shape index (κ3) is 219. The fourth-order valence-corrected chi connectivity index (χ4v) is 0. The molecule has 1 aliphatic rings. The molecule has 11 heavy (non-hydrogen) atoms. The van der Waals surface area contributed by atoms with Gasteiger partial charge in [0.25, 0.3) is 0 Å². The molecule has 0 aromatic carbocycles. The van der Waals surface area contributed by atoms with Crippen LogP contribution in [0.25, 0.3) is 0 Å². The van der Waals surface area contributed by atoms with Crippen LogP contribution in [0, 0.1) is 0 Å².